The van der Waals surface area contributed by atoms with Gasteiger partial charge in [-0.15, -0.1) is 0 Å². The first-order valence-electron chi connectivity index (χ1n) is 14.8. The standard InChI is InChI=1S/C32H40F3N5O2/c1-7-39(27-11-9-8-10-12-27)30-25(15-24(17-36-30)28-20(3)37-38(6)21(28)4)18-40-22(5)29(42-31(40)41)23-13-19(2)14-26(16-23)32(33,34)35/h13-17,22,27,29H,7-12,18H2,1-6H3/t22-,29-/m0/s1. The maximum absolute atomic E-state index is 13.6. The highest BCUT2D eigenvalue weighted by atomic mass is 19.4. The molecule has 10 heteroatoms. The molecule has 3 heterocycles. The third-order valence-corrected chi connectivity index (χ3v) is 8.86. The van der Waals surface area contributed by atoms with Crippen LogP contribution in [0.1, 0.15) is 85.7 Å². The number of pyridine rings is 1. The van der Waals surface area contributed by atoms with Gasteiger partial charge in [0, 0.05) is 48.2 Å². The zero-order valence-corrected chi connectivity index (χ0v) is 25.3. The van der Waals surface area contributed by atoms with Crippen LogP contribution in [0.25, 0.3) is 11.1 Å². The first-order valence-corrected chi connectivity index (χ1v) is 14.8. The smallest absolute Gasteiger partial charge is 0.416 e. The molecule has 0 bridgehead atoms. The van der Waals surface area contributed by atoms with Crippen LogP contribution in [0.15, 0.2) is 30.5 Å². The molecule has 1 aliphatic heterocycles. The lowest BCUT2D eigenvalue weighted by Crippen LogP contribution is -2.39. The summed E-state index contributed by atoms with van der Waals surface area (Å²) in [6.07, 6.45) is 1.81. The summed E-state index contributed by atoms with van der Waals surface area (Å²) >= 11 is 0. The van der Waals surface area contributed by atoms with Gasteiger partial charge in [0.1, 0.15) is 11.9 Å². The molecule has 2 aromatic heterocycles. The average Bonchev–Trinajstić information content (AvgIpc) is 3.37. The van der Waals surface area contributed by atoms with Crippen molar-refractivity contribution in [2.75, 3.05) is 11.4 Å². The van der Waals surface area contributed by atoms with Crippen LogP contribution in [0.3, 0.4) is 0 Å². The van der Waals surface area contributed by atoms with Gasteiger partial charge in [-0.1, -0.05) is 30.9 Å². The number of aryl methyl sites for hydroxylation is 3. The average molecular weight is 584 g/mol. The summed E-state index contributed by atoms with van der Waals surface area (Å²) < 4.78 is 48.3. The lowest BCUT2D eigenvalue weighted by Gasteiger charge is -2.36. The number of halogens is 3. The molecule has 0 radical (unpaired) electrons. The van der Waals surface area contributed by atoms with Crippen molar-refractivity contribution in [3.05, 3.63) is 64.1 Å². The zero-order valence-electron chi connectivity index (χ0n) is 25.3. The molecule has 7 nitrogen and oxygen atoms in total. The molecule has 0 spiro atoms. The number of hydrogen-bond acceptors (Lipinski definition) is 5. The van der Waals surface area contributed by atoms with Crippen molar-refractivity contribution < 1.29 is 22.7 Å². The maximum Gasteiger partial charge on any atom is 0.416 e. The summed E-state index contributed by atoms with van der Waals surface area (Å²) in [5.41, 5.74) is 4.78. The van der Waals surface area contributed by atoms with Crippen LogP contribution in [-0.4, -0.2) is 44.4 Å². The second-order valence-electron chi connectivity index (χ2n) is 11.8. The Morgan fingerprint density at radius 1 is 1.07 bits per heavy atom. The summed E-state index contributed by atoms with van der Waals surface area (Å²) in [5.74, 6) is 0.839. The number of aromatic nitrogens is 3. The number of ether oxygens (including phenoxy) is 1. The minimum absolute atomic E-state index is 0.228. The van der Waals surface area contributed by atoms with E-state index in [1.807, 2.05) is 38.7 Å². The Balaban J connectivity index is 1.53. The van der Waals surface area contributed by atoms with Gasteiger partial charge in [-0.2, -0.15) is 18.3 Å². The van der Waals surface area contributed by atoms with Crippen molar-refractivity contribution in [1.82, 2.24) is 19.7 Å². The SMILES string of the molecule is CCN(c1ncc(-c2c(C)nn(C)c2C)cc1CN1C(=O)O[C@H](c2cc(C)cc(C(F)(F)F)c2)[C@@H]1C)C1CCCCC1. The van der Waals surface area contributed by atoms with Crippen molar-refractivity contribution in [3.8, 4) is 11.1 Å². The molecule has 1 aliphatic carbocycles. The van der Waals surface area contributed by atoms with Crippen LogP contribution in [-0.2, 0) is 24.5 Å². The van der Waals surface area contributed by atoms with Crippen molar-refractivity contribution in [1.29, 1.82) is 0 Å². The largest absolute Gasteiger partial charge is 0.439 e. The van der Waals surface area contributed by atoms with Crippen LogP contribution in [0.5, 0.6) is 0 Å². The highest BCUT2D eigenvalue weighted by Crippen LogP contribution is 2.39. The third-order valence-electron chi connectivity index (χ3n) is 8.86. The van der Waals surface area contributed by atoms with Gasteiger partial charge in [-0.3, -0.25) is 9.58 Å². The van der Waals surface area contributed by atoms with Crippen molar-refractivity contribution in [3.63, 3.8) is 0 Å². The van der Waals surface area contributed by atoms with Crippen molar-refractivity contribution in [2.24, 2.45) is 7.05 Å². The van der Waals surface area contributed by atoms with Crippen LogP contribution in [0.4, 0.5) is 23.8 Å². The second-order valence-corrected chi connectivity index (χ2v) is 11.8. The summed E-state index contributed by atoms with van der Waals surface area (Å²) in [6.45, 7) is 10.6. The third kappa shape index (κ3) is 5.72. The van der Waals surface area contributed by atoms with E-state index in [4.69, 9.17) is 9.72 Å². The molecular weight excluding hydrogens is 543 g/mol. The second kappa shape index (κ2) is 11.6. The van der Waals surface area contributed by atoms with E-state index in [-0.39, 0.29) is 6.54 Å². The number of benzene rings is 1. The van der Waals surface area contributed by atoms with Crippen LogP contribution in [0, 0.1) is 20.8 Å². The highest BCUT2D eigenvalue weighted by molar-refractivity contribution is 5.73. The van der Waals surface area contributed by atoms with Crippen molar-refractivity contribution in [2.45, 2.75) is 97.6 Å². The molecule has 5 rings (SSSR count). The normalized spacial score (nSPS) is 19.8. The van der Waals surface area contributed by atoms with Gasteiger partial charge in [-0.05, 0) is 71.2 Å². The molecule has 2 atom stereocenters. The van der Waals surface area contributed by atoms with E-state index in [1.54, 1.807) is 17.9 Å². The Morgan fingerprint density at radius 2 is 1.79 bits per heavy atom. The van der Waals surface area contributed by atoms with Crippen LogP contribution < -0.4 is 4.90 Å². The van der Waals surface area contributed by atoms with E-state index in [9.17, 15) is 18.0 Å². The first-order chi connectivity index (χ1) is 19.9. The predicted octanol–water partition coefficient (Wildman–Crippen LogP) is 7.67. The summed E-state index contributed by atoms with van der Waals surface area (Å²) in [5, 5.41) is 4.58. The van der Waals surface area contributed by atoms with Gasteiger partial charge in [0.05, 0.1) is 23.8 Å². The molecular formula is C32H40F3N5O2. The van der Waals surface area contributed by atoms with E-state index >= 15 is 0 Å². The minimum Gasteiger partial charge on any atom is -0.439 e. The number of amides is 1. The molecule has 0 unspecified atom stereocenters. The van der Waals surface area contributed by atoms with Gasteiger partial charge in [0.25, 0.3) is 0 Å². The fourth-order valence-electron chi connectivity index (χ4n) is 6.66. The monoisotopic (exact) mass is 583 g/mol. The summed E-state index contributed by atoms with van der Waals surface area (Å²) in [6, 6.07) is 5.84. The molecule has 2 fully saturated rings. The molecule has 0 N–H and O–H groups in total. The zero-order chi connectivity index (χ0) is 30.3. The Hall–Kier alpha value is -3.56. The Morgan fingerprint density at radius 3 is 2.40 bits per heavy atom. The molecule has 226 valence electrons. The fraction of sp³-hybridized carbons (Fsp3) is 0.531. The lowest BCUT2D eigenvalue weighted by molar-refractivity contribution is -0.137. The number of rotatable bonds is 7. The predicted molar refractivity (Wildman–Crippen MR) is 156 cm³/mol. The molecule has 2 aliphatic rings. The molecule has 3 aromatic rings. The van der Waals surface area contributed by atoms with E-state index in [0.717, 1.165) is 65.4 Å². The Labute approximate surface area is 245 Å². The number of carbonyl (C=O) groups is 1. The quantitative estimate of drug-likeness (QED) is 0.286. The topological polar surface area (TPSA) is 63.5 Å². The molecule has 1 amide bonds. The number of anilines is 1. The van der Waals surface area contributed by atoms with Gasteiger partial charge in [-0.25, -0.2) is 9.78 Å². The molecule has 1 saturated heterocycles. The minimum atomic E-state index is -4.49. The van der Waals surface area contributed by atoms with E-state index in [2.05, 4.69) is 23.0 Å². The van der Waals surface area contributed by atoms with Crippen LogP contribution >= 0.6 is 0 Å². The summed E-state index contributed by atoms with van der Waals surface area (Å²) in [4.78, 5) is 22.3. The van der Waals surface area contributed by atoms with E-state index in [1.165, 1.54) is 19.3 Å². The first kappa shape index (κ1) is 29.9. The lowest BCUT2D eigenvalue weighted by atomic mass is 9.93. The van der Waals surface area contributed by atoms with Crippen molar-refractivity contribution >= 4 is 11.9 Å². The Kier molecular flexibility index (Phi) is 8.27. The van der Waals surface area contributed by atoms with Gasteiger partial charge in [0.2, 0.25) is 0 Å². The number of alkyl halides is 3. The highest BCUT2D eigenvalue weighted by Gasteiger charge is 2.42. The Bertz CT molecular complexity index is 1460. The number of carbonyl (C=O) groups excluding carboxylic acids is 1. The number of cyclic esters (lactones) is 1. The number of hydrogen-bond donors (Lipinski definition) is 0. The van der Waals surface area contributed by atoms with Gasteiger partial charge < -0.3 is 9.64 Å². The fourth-order valence-corrected chi connectivity index (χ4v) is 6.66. The molecule has 1 aromatic carbocycles. The van der Waals surface area contributed by atoms with Gasteiger partial charge >= 0.3 is 12.3 Å². The summed E-state index contributed by atoms with van der Waals surface area (Å²) in [7, 11) is 1.91. The van der Waals surface area contributed by atoms with Crippen LogP contribution in [0.2, 0.25) is 0 Å². The van der Waals surface area contributed by atoms with E-state index < -0.39 is 30.0 Å². The molecule has 42 heavy (non-hydrogen) atoms. The molecule has 1 saturated carbocycles. The maximum atomic E-state index is 13.6. The van der Waals surface area contributed by atoms with E-state index in [0.29, 0.717) is 17.2 Å². The van der Waals surface area contributed by atoms with Gasteiger partial charge in [0.15, 0.2) is 0 Å². The number of nitrogens with zero attached hydrogens (tertiary/aromatic N) is 5.